The maximum Gasteiger partial charge on any atom is 0.303 e. The van der Waals surface area contributed by atoms with E-state index in [2.05, 4.69) is 45.4 Å². The van der Waals surface area contributed by atoms with Crippen molar-refractivity contribution >= 4 is 29.8 Å². The second kappa shape index (κ2) is 26.7. The number of carbonyl (C=O) groups excluding carboxylic acids is 5. The van der Waals surface area contributed by atoms with Crippen LogP contribution in [0.25, 0.3) is 41.8 Å². The van der Waals surface area contributed by atoms with Crippen LogP contribution >= 0.6 is 0 Å². The Balaban J connectivity index is 1.56. The molecule has 1 aliphatic carbocycles. The fraction of sp³-hybridized carbons (Fsp3) is 0.738. The molecule has 1 N–H and O–H groups in total. The summed E-state index contributed by atoms with van der Waals surface area (Å²) in [6, 6.07) is 5.88. The summed E-state index contributed by atoms with van der Waals surface area (Å²) in [6.07, 6.45) is -17.6. The van der Waals surface area contributed by atoms with Crippen LogP contribution in [0, 0.1) is 5.92 Å². The van der Waals surface area contributed by atoms with Gasteiger partial charge in [0.25, 0.3) is 0 Å². The standard InChI is InChI=1S/C42H57N13O16/c1-19-15-28(50-54-45)34(62-22(4)57)38(33(19)69-40-27(49-53-44)13-14-29(66-40)20(2)47-16-26-11-9-8-10-12-26)71-42-39(65-25(7)60)36(31(68-42)18-61-21(3)56)70-41-32(51-55-46)37(64-24(6)59)35(63-23(5)58)30(67-41)17-48-52-43/h8-12,19-20,27-42,47H,13-18H2,1-7H3. The third kappa shape index (κ3) is 15.3. The summed E-state index contributed by atoms with van der Waals surface area (Å²) in [5, 5.41) is 18.6. The van der Waals surface area contributed by atoms with Gasteiger partial charge in [0.05, 0.1) is 30.8 Å². The lowest BCUT2D eigenvalue weighted by Crippen LogP contribution is -2.62. The Morgan fingerprint density at radius 2 is 1.21 bits per heavy atom. The van der Waals surface area contributed by atoms with Crippen molar-refractivity contribution in [1.29, 1.82) is 0 Å². The van der Waals surface area contributed by atoms with Crippen molar-refractivity contribution in [2.24, 2.45) is 26.4 Å². The molecule has 0 spiro atoms. The monoisotopic (exact) mass is 999 g/mol. The van der Waals surface area contributed by atoms with Crippen LogP contribution < -0.4 is 5.32 Å². The summed E-state index contributed by atoms with van der Waals surface area (Å²) >= 11 is 0. The van der Waals surface area contributed by atoms with E-state index in [1.807, 2.05) is 37.3 Å². The highest BCUT2D eigenvalue weighted by Crippen LogP contribution is 2.41. The summed E-state index contributed by atoms with van der Waals surface area (Å²) in [7, 11) is 0. The number of hydrogen-bond acceptors (Lipinski definition) is 21. The highest BCUT2D eigenvalue weighted by molar-refractivity contribution is 5.68. The number of ether oxygens (including phenoxy) is 11. The van der Waals surface area contributed by atoms with Crippen molar-refractivity contribution in [1.82, 2.24) is 5.32 Å². The lowest BCUT2D eigenvalue weighted by Gasteiger charge is -2.47. The molecular formula is C42H57N13O16. The van der Waals surface area contributed by atoms with E-state index in [4.69, 9.17) is 52.1 Å². The van der Waals surface area contributed by atoms with Gasteiger partial charge in [-0.05, 0) is 59.8 Å². The molecule has 18 unspecified atom stereocenters. The highest BCUT2D eigenvalue weighted by Gasteiger charge is 2.58. The first kappa shape index (κ1) is 55.5. The van der Waals surface area contributed by atoms with Gasteiger partial charge in [0.15, 0.2) is 37.2 Å². The van der Waals surface area contributed by atoms with Crippen LogP contribution in [0.5, 0.6) is 0 Å². The zero-order valence-electron chi connectivity index (χ0n) is 39.9. The number of azide groups is 4. The van der Waals surface area contributed by atoms with Gasteiger partial charge in [-0.15, -0.1) is 0 Å². The molecular weight excluding hydrogens is 943 g/mol. The van der Waals surface area contributed by atoms with Gasteiger partial charge in [-0.25, -0.2) is 0 Å². The third-order valence-electron chi connectivity index (χ3n) is 11.9. The molecule has 1 aromatic rings. The average Bonchev–Trinajstić information content (AvgIpc) is 3.62. The van der Waals surface area contributed by atoms with E-state index >= 15 is 0 Å². The Labute approximate surface area is 406 Å². The largest absolute Gasteiger partial charge is 0.463 e. The Kier molecular flexibility index (Phi) is 20.8. The Bertz CT molecular complexity index is 2230. The highest BCUT2D eigenvalue weighted by atomic mass is 16.8. The van der Waals surface area contributed by atoms with Gasteiger partial charge in [0.1, 0.15) is 43.2 Å². The van der Waals surface area contributed by atoms with Gasteiger partial charge in [0.2, 0.25) is 0 Å². The number of benzene rings is 1. The van der Waals surface area contributed by atoms with Gasteiger partial charge < -0.3 is 57.4 Å². The van der Waals surface area contributed by atoms with E-state index in [1.165, 1.54) is 0 Å². The SMILES string of the molecule is CC(=O)OCC1OC(OC2C(OC3OC(C(C)NCc4ccccc4)CCC3N=[N+]=[N-])C(C)CC(N=[N+]=[N-])C2OC(C)=O)C(OC(C)=O)C1OC1OC(CN=[N+]=[N-])C(OC(C)=O)C(OC(C)=O)C1N=[N+]=[N-]. The summed E-state index contributed by atoms with van der Waals surface area (Å²) in [5.41, 5.74) is 39.3. The molecule has 0 bridgehead atoms. The van der Waals surface area contributed by atoms with Crippen molar-refractivity contribution in [3.05, 3.63) is 77.7 Å². The second-order valence-electron chi connectivity index (χ2n) is 17.1. The van der Waals surface area contributed by atoms with E-state index < -0.39 is 147 Å². The Morgan fingerprint density at radius 1 is 0.634 bits per heavy atom. The normalized spacial score (nSPS) is 33.7. The molecule has 0 amide bonds. The first-order chi connectivity index (χ1) is 34.0. The molecule has 0 radical (unpaired) electrons. The van der Waals surface area contributed by atoms with E-state index in [0.29, 0.717) is 19.4 Å². The van der Waals surface area contributed by atoms with Crippen LogP contribution in [0.2, 0.25) is 0 Å². The van der Waals surface area contributed by atoms with Crippen LogP contribution in [-0.2, 0) is 82.6 Å². The Morgan fingerprint density at radius 3 is 1.83 bits per heavy atom. The van der Waals surface area contributed by atoms with Crippen molar-refractivity contribution in [2.45, 2.75) is 178 Å². The first-order valence-electron chi connectivity index (χ1n) is 22.6. The van der Waals surface area contributed by atoms with Crippen molar-refractivity contribution in [3.63, 3.8) is 0 Å². The number of nitrogens with zero attached hydrogens (tertiary/aromatic N) is 12. The van der Waals surface area contributed by atoms with Crippen LogP contribution in [0.4, 0.5) is 0 Å². The fourth-order valence-electron chi connectivity index (χ4n) is 8.93. The second-order valence-corrected chi connectivity index (χ2v) is 17.1. The molecule has 3 saturated heterocycles. The zero-order valence-corrected chi connectivity index (χ0v) is 39.9. The minimum absolute atomic E-state index is 0.0816. The van der Waals surface area contributed by atoms with Crippen LogP contribution in [0.1, 0.15) is 73.3 Å². The lowest BCUT2D eigenvalue weighted by molar-refractivity contribution is -0.297. The molecule has 5 rings (SSSR count). The molecule has 0 aromatic heterocycles. The van der Waals surface area contributed by atoms with Gasteiger partial charge in [-0.3, -0.25) is 24.0 Å². The van der Waals surface area contributed by atoms with Gasteiger partial charge in [0, 0.05) is 66.9 Å². The molecule has 4 aliphatic rings. The molecule has 3 aliphatic heterocycles. The zero-order chi connectivity index (χ0) is 51.8. The average molecular weight is 1000 g/mol. The smallest absolute Gasteiger partial charge is 0.303 e. The van der Waals surface area contributed by atoms with Gasteiger partial charge in [-0.2, -0.15) is 0 Å². The van der Waals surface area contributed by atoms with Crippen LogP contribution in [0.15, 0.2) is 50.8 Å². The maximum atomic E-state index is 13.0. The number of rotatable bonds is 21. The number of carbonyl (C=O) groups is 5. The molecule has 386 valence electrons. The summed E-state index contributed by atoms with van der Waals surface area (Å²) in [5.74, 6) is -4.88. The third-order valence-corrected chi connectivity index (χ3v) is 11.9. The predicted molar refractivity (Wildman–Crippen MR) is 238 cm³/mol. The molecule has 1 saturated carbocycles. The summed E-state index contributed by atoms with van der Waals surface area (Å²) in [6.45, 7) is 8.44. The van der Waals surface area contributed by atoms with Gasteiger partial charge >= 0.3 is 29.8 Å². The van der Waals surface area contributed by atoms with Crippen LogP contribution in [-0.4, -0.2) is 147 Å². The predicted octanol–water partition coefficient (Wildman–Crippen LogP) is 4.95. The molecule has 29 heteroatoms. The maximum absolute atomic E-state index is 13.0. The summed E-state index contributed by atoms with van der Waals surface area (Å²) in [4.78, 5) is 74.5. The number of hydrogen-bond donors (Lipinski definition) is 1. The topological polar surface area (TPSA) is 394 Å². The number of esters is 5. The molecule has 18 atom stereocenters. The first-order valence-corrected chi connectivity index (χ1v) is 22.6. The van der Waals surface area contributed by atoms with Crippen molar-refractivity contribution < 1.29 is 76.1 Å². The van der Waals surface area contributed by atoms with Crippen molar-refractivity contribution in [2.75, 3.05) is 13.2 Å². The van der Waals surface area contributed by atoms with E-state index in [0.717, 1.165) is 40.2 Å². The summed E-state index contributed by atoms with van der Waals surface area (Å²) < 4.78 is 66.7. The lowest BCUT2D eigenvalue weighted by atomic mass is 9.80. The molecule has 3 heterocycles. The quantitative estimate of drug-likeness (QED) is 0.0559. The van der Waals surface area contributed by atoms with E-state index in [-0.39, 0.29) is 12.5 Å². The van der Waals surface area contributed by atoms with Crippen molar-refractivity contribution in [3.8, 4) is 0 Å². The van der Waals surface area contributed by atoms with Crippen LogP contribution in [0.3, 0.4) is 0 Å². The van der Waals surface area contributed by atoms with Gasteiger partial charge in [-0.1, -0.05) is 57.7 Å². The molecule has 29 nitrogen and oxygen atoms in total. The molecule has 4 fully saturated rings. The molecule has 71 heavy (non-hydrogen) atoms. The fourth-order valence-corrected chi connectivity index (χ4v) is 8.93. The van der Waals surface area contributed by atoms with E-state index in [9.17, 15) is 46.1 Å². The Hall–Kier alpha value is -6.47. The number of nitrogens with one attached hydrogen (secondary N) is 1. The molecule has 1 aromatic carbocycles. The minimum Gasteiger partial charge on any atom is -0.463 e. The van der Waals surface area contributed by atoms with E-state index in [1.54, 1.807) is 6.92 Å². The minimum atomic E-state index is -1.81.